The van der Waals surface area contributed by atoms with Crippen molar-refractivity contribution in [2.45, 2.75) is 31.7 Å². The van der Waals surface area contributed by atoms with E-state index in [4.69, 9.17) is 5.26 Å². The van der Waals surface area contributed by atoms with Crippen LogP contribution < -0.4 is 5.32 Å². The van der Waals surface area contributed by atoms with E-state index in [2.05, 4.69) is 22.2 Å². The molecular formula is C14H20N4. The number of nitriles is 1. The third-order valence-corrected chi connectivity index (χ3v) is 3.58. The predicted molar refractivity (Wildman–Crippen MR) is 72.3 cm³/mol. The van der Waals surface area contributed by atoms with E-state index in [-0.39, 0.29) is 0 Å². The largest absolute Gasteiger partial charge is 0.369 e. The van der Waals surface area contributed by atoms with Gasteiger partial charge in [0.15, 0.2) is 0 Å². The van der Waals surface area contributed by atoms with Gasteiger partial charge in [0.1, 0.15) is 17.6 Å². The third kappa shape index (κ3) is 3.44. The van der Waals surface area contributed by atoms with E-state index in [9.17, 15) is 0 Å². The van der Waals surface area contributed by atoms with E-state index in [1.165, 1.54) is 25.7 Å². The molecule has 1 fully saturated rings. The maximum Gasteiger partial charge on any atom is 0.142 e. The second kappa shape index (κ2) is 6.36. The highest BCUT2D eigenvalue weighted by atomic mass is 15.1. The van der Waals surface area contributed by atoms with E-state index in [1.54, 1.807) is 6.07 Å². The van der Waals surface area contributed by atoms with Crippen molar-refractivity contribution < 1.29 is 0 Å². The molecule has 1 saturated carbocycles. The molecule has 4 heteroatoms. The summed E-state index contributed by atoms with van der Waals surface area (Å²) in [7, 11) is 2.19. The van der Waals surface area contributed by atoms with Crippen molar-refractivity contribution >= 4 is 5.82 Å². The van der Waals surface area contributed by atoms with Crippen LogP contribution in [0.5, 0.6) is 0 Å². The smallest absolute Gasteiger partial charge is 0.142 e. The quantitative estimate of drug-likeness (QED) is 0.863. The number of hydrogen-bond acceptors (Lipinski definition) is 4. The van der Waals surface area contributed by atoms with Crippen LogP contribution in [0, 0.1) is 11.3 Å². The summed E-state index contributed by atoms with van der Waals surface area (Å²) in [6.07, 6.45) is 5.40. The van der Waals surface area contributed by atoms with Crippen molar-refractivity contribution in [1.29, 1.82) is 5.26 Å². The van der Waals surface area contributed by atoms with Gasteiger partial charge >= 0.3 is 0 Å². The molecule has 0 aliphatic heterocycles. The van der Waals surface area contributed by atoms with Crippen LogP contribution in [-0.2, 0) is 0 Å². The molecule has 4 nitrogen and oxygen atoms in total. The maximum atomic E-state index is 8.77. The normalized spacial score (nSPS) is 15.8. The van der Waals surface area contributed by atoms with E-state index in [0.717, 1.165) is 24.9 Å². The number of nitrogens with one attached hydrogen (secondary N) is 1. The number of nitrogens with zero attached hydrogens (tertiary/aromatic N) is 3. The predicted octanol–water partition coefficient (Wildman–Crippen LogP) is 2.24. The number of aromatic nitrogens is 1. The van der Waals surface area contributed by atoms with Crippen molar-refractivity contribution in [2.75, 3.05) is 25.5 Å². The fraction of sp³-hybridized carbons (Fsp3) is 0.571. The molecule has 0 unspecified atom stereocenters. The highest BCUT2D eigenvalue weighted by Gasteiger charge is 2.18. The van der Waals surface area contributed by atoms with E-state index in [1.807, 2.05) is 18.2 Å². The molecule has 1 aromatic heterocycles. The van der Waals surface area contributed by atoms with Crippen molar-refractivity contribution in [3.05, 3.63) is 23.9 Å². The van der Waals surface area contributed by atoms with Crippen LogP contribution in [0.25, 0.3) is 0 Å². The van der Waals surface area contributed by atoms with Crippen LogP contribution >= 0.6 is 0 Å². The Hall–Kier alpha value is -1.60. The first-order valence-corrected chi connectivity index (χ1v) is 6.61. The van der Waals surface area contributed by atoms with Gasteiger partial charge in [-0.25, -0.2) is 4.98 Å². The average Bonchev–Trinajstić information content (AvgIpc) is 2.93. The highest BCUT2D eigenvalue weighted by molar-refractivity contribution is 5.38. The average molecular weight is 244 g/mol. The second-order valence-corrected chi connectivity index (χ2v) is 4.87. The van der Waals surface area contributed by atoms with Gasteiger partial charge in [-0.2, -0.15) is 5.26 Å². The maximum absolute atomic E-state index is 8.77. The van der Waals surface area contributed by atoms with Gasteiger partial charge in [-0.1, -0.05) is 18.9 Å². The first-order chi connectivity index (χ1) is 8.79. The van der Waals surface area contributed by atoms with Crippen LogP contribution in [-0.4, -0.2) is 36.1 Å². The first-order valence-electron chi connectivity index (χ1n) is 6.61. The fourth-order valence-corrected chi connectivity index (χ4v) is 2.48. The number of likely N-dealkylation sites (N-methyl/N-ethyl adjacent to an activating group) is 1. The minimum atomic E-state index is 0.462. The van der Waals surface area contributed by atoms with Crippen LogP contribution in [0.3, 0.4) is 0 Å². The molecule has 96 valence electrons. The number of rotatable bonds is 5. The number of pyridine rings is 1. The summed E-state index contributed by atoms with van der Waals surface area (Å²) in [4.78, 5) is 6.62. The Balaban J connectivity index is 1.75. The highest BCUT2D eigenvalue weighted by Crippen LogP contribution is 2.21. The van der Waals surface area contributed by atoms with E-state index in [0.29, 0.717) is 5.69 Å². The van der Waals surface area contributed by atoms with E-state index < -0.39 is 0 Å². The lowest BCUT2D eigenvalue weighted by Crippen LogP contribution is -2.33. The van der Waals surface area contributed by atoms with Gasteiger partial charge in [0, 0.05) is 19.1 Å². The molecule has 1 aliphatic rings. The van der Waals surface area contributed by atoms with Gasteiger partial charge in [-0.15, -0.1) is 0 Å². The van der Waals surface area contributed by atoms with Crippen LogP contribution in [0.15, 0.2) is 18.2 Å². The van der Waals surface area contributed by atoms with Gasteiger partial charge in [-0.3, -0.25) is 0 Å². The topological polar surface area (TPSA) is 52.0 Å². The SMILES string of the molecule is CN(CCNc1cccc(C#N)n1)C1CCCC1. The Kier molecular flexibility index (Phi) is 4.54. The molecule has 1 aromatic rings. The molecule has 0 saturated heterocycles. The second-order valence-electron chi connectivity index (χ2n) is 4.87. The number of anilines is 1. The summed E-state index contributed by atoms with van der Waals surface area (Å²) in [5, 5.41) is 12.0. The van der Waals surface area contributed by atoms with Gasteiger partial charge in [-0.05, 0) is 32.0 Å². The molecular weight excluding hydrogens is 224 g/mol. The minimum Gasteiger partial charge on any atom is -0.369 e. The standard InChI is InChI=1S/C14H20N4/c1-18(13-6-2-3-7-13)10-9-16-14-8-4-5-12(11-15)17-14/h4-5,8,13H,2-3,6-7,9-10H2,1H3,(H,16,17). The van der Waals surface area contributed by atoms with E-state index >= 15 is 0 Å². The Morgan fingerprint density at radius 1 is 1.44 bits per heavy atom. The zero-order chi connectivity index (χ0) is 12.8. The minimum absolute atomic E-state index is 0.462. The summed E-state index contributed by atoms with van der Waals surface area (Å²) in [5.74, 6) is 0.786. The lowest BCUT2D eigenvalue weighted by molar-refractivity contribution is 0.254. The molecule has 0 bridgehead atoms. The Bertz CT molecular complexity index is 418. The monoisotopic (exact) mass is 244 g/mol. The van der Waals surface area contributed by atoms with Crippen molar-refractivity contribution in [1.82, 2.24) is 9.88 Å². The summed E-state index contributed by atoms with van der Waals surface area (Å²) in [5.41, 5.74) is 0.462. The third-order valence-electron chi connectivity index (χ3n) is 3.58. The van der Waals surface area contributed by atoms with Gasteiger partial charge in [0.05, 0.1) is 0 Å². The van der Waals surface area contributed by atoms with Crippen molar-refractivity contribution in [3.8, 4) is 6.07 Å². The fourth-order valence-electron chi connectivity index (χ4n) is 2.48. The Morgan fingerprint density at radius 3 is 2.94 bits per heavy atom. The molecule has 0 atom stereocenters. The lowest BCUT2D eigenvalue weighted by atomic mass is 10.2. The van der Waals surface area contributed by atoms with Crippen molar-refractivity contribution in [3.63, 3.8) is 0 Å². The zero-order valence-electron chi connectivity index (χ0n) is 10.9. The molecule has 0 spiro atoms. The van der Waals surface area contributed by atoms with Crippen LogP contribution in [0.4, 0.5) is 5.82 Å². The molecule has 1 aliphatic carbocycles. The van der Waals surface area contributed by atoms with Gasteiger partial charge in [0.2, 0.25) is 0 Å². The molecule has 1 heterocycles. The summed E-state index contributed by atoms with van der Waals surface area (Å²) in [6.45, 7) is 1.89. The number of hydrogen-bond donors (Lipinski definition) is 1. The Morgan fingerprint density at radius 2 is 2.22 bits per heavy atom. The lowest BCUT2D eigenvalue weighted by Gasteiger charge is -2.24. The summed E-state index contributed by atoms with van der Waals surface area (Å²) in [6, 6.07) is 8.28. The summed E-state index contributed by atoms with van der Waals surface area (Å²) >= 11 is 0. The molecule has 0 radical (unpaired) electrons. The van der Waals surface area contributed by atoms with Crippen molar-refractivity contribution in [2.24, 2.45) is 0 Å². The molecule has 0 aromatic carbocycles. The Labute approximate surface area is 109 Å². The first kappa shape index (κ1) is 12.8. The van der Waals surface area contributed by atoms with Gasteiger partial charge in [0.25, 0.3) is 0 Å². The summed E-state index contributed by atoms with van der Waals surface area (Å²) < 4.78 is 0. The van der Waals surface area contributed by atoms with Crippen LogP contribution in [0.1, 0.15) is 31.4 Å². The molecule has 18 heavy (non-hydrogen) atoms. The van der Waals surface area contributed by atoms with Crippen LogP contribution in [0.2, 0.25) is 0 Å². The molecule has 0 amide bonds. The molecule has 2 rings (SSSR count). The van der Waals surface area contributed by atoms with Gasteiger partial charge < -0.3 is 10.2 Å². The molecule has 1 N–H and O–H groups in total. The zero-order valence-corrected chi connectivity index (χ0v) is 10.9.